The van der Waals surface area contributed by atoms with Crippen LogP contribution in [-0.4, -0.2) is 17.7 Å². The zero-order valence-electron chi connectivity index (χ0n) is 14.9. The van der Waals surface area contributed by atoms with Crippen LogP contribution >= 0.6 is 0 Å². The van der Waals surface area contributed by atoms with Crippen molar-refractivity contribution in [2.24, 2.45) is 5.92 Å². The van der Waals surface area contributed by atoms with E-state index < -0.39 is 5.91 Å². The Labute approximate surface area is 157 Å². The van der Waals surface area contributed by atoms with Gasteiger partial charge in [0.15, 0.2) is 0 Å². The SMILES string of the molecule is CC(=O)NC(=Cc1ccccc1)C(=O)NNC(=O)C1CC1c1ccccc1. The van der Waals surface area contributed by atoms with Gasteiger partial charge in [-0.05, 0) is 29.5 Å². The summed E-state index contributed by atoms with van der Waals surface area (Å²) >= 11 is 0. The van der Waals surface area contributed by atoms with Crippen molar-refractivity contribution in [2.75, 3.05) is 0 Å². The predicted octanol–water partition coefficient (Wildman–Crippen LogP) is 2.11. The second-order valence-corrected chi connectivity index (χ2v) is 6.45. The van der Waals surface area contributed by atoms with Crippen LogP contribution in [0.25, 0.3) is 6.08 Å². The molecule has 0 saturated heterocycles. The Morgan fingerprint density at radius 2 is 1.56 bits per heavy atom. The van der Waals surface area contributed by atoms with Crippen LogP contribution in [0.3, 0.4) is 0 Å². The number of nitrogens with one attached hydrogen (secondary N) is 3. The van der Waals surface area contributed by atoms with Gasteiger partial charge in [-0.25, -0.2) is 0 Å². The van der Waals surface area contributed by atoms with Crippen LogP contribution in [0.1, 0.15) is 30.4 Å². The Morgan fingerprint density at radius 3 is 2.19 bits per heavy atom. The van der Waals surface area contributed by atoms with Crippen molar-refractivity contribution < 1.29 is 14.4 Å². The summed E-state index contributed by atoms with van der Waals surface area (Å²) in [5.41, 5.74) is 6.77. The second-order valence-electron chi connectivity index (χ2n) is 6.45. The van der Waals surface area contributed by atoms with E-state index in [1.807, 2.05) is 60.7 Å². The topological polar surface area (TPSA) is 87.3 Å². The molecule has 3 N–H and O–H groups in total. The average molecular weight is 363 g/mol. The maximum absolute atomic E-state index is 12.4. The Hall–Kier alpha value is -3.41. The summed E-state index contributed by atoms with van der Waals surface area (Å²) in [5, 5.41) is 2.49. The molecule has 2 atom stereocenters. The monoisotopic (exact) mass is 363 g/mol. The van der Waals surface area contributed by atoms with Gasteiger partial charge in [0.1, 0.15) is 5.70 Å². The van der Waals surface area contributed by atoms with E-state index in [9.17, 15) is 14.4 Å². The minimum absolute atomic E-state index is 0.0596. The third-order valence-electron chi connectivity index (χ3n) is 4.32. The molecule has 6 heteroatoms. The van der Waals surface area contributed by atoms with E-state index in [1.54, 1.807) is 6.08 Å². The van der Waals surface area contributed by atoms with Gasteiger partial charge in [0.2, 0.25) is 11.8 Å². The standard InChI is InChI=1S/C21H21N3O3/c1-14(25)22-19(12-15-8-4-2-5-9-15)21(27)24-23-20(26)18-13-17(18)16-10-6-3-7-11-16/h2-12,17-18H,13H2,1H3,(H,22,25)(H,23,26)(H,24,27). The first-order valence-corrected chi connectivity index (χ1v) is 8.74. The molecule has 1 saturated carbocycles. The number of carbonyl (C=O) groups excluding carboxylic acids is 3. The fourth-order valence-corrected chi connectivity index (χ4v) is 2.90. The van der Waals surface area contributed by atoms with Crippen molar-refractivity contribution in [2.45, 2.75) is 19.3 Å². The molecule has 0 radical (unpaired) electrons. The normalized spacial score (nSPS) is 18.3. The number of rotatable bonds is 5. The van der Waals surface area contributed by atoms with Crippen molar-refractivity contribution in [1.29, 1.82) is 0 Å². The van der Waals surface area contributed by atoms with Crippen molar-refractivity contribution in [3.05, 3.63) is 77.5 Å². The molecule has 1 aliphatic carbocycles. The maximum Gasteiger partial charge on any atom is 0.286 e. The van der Waals surface area contributed by atoms with Gasteiger partial charge in [-0.2, -0.15) is 0 Å². The molecule has 3 amide bonds. The first-order chi connectivity index (χ1) is 13.0. The van der Waals surface area contributed by atoms with Crippen molar-refractivity contribution in [3.8, 4) is 0 Å². The lowest BCUT2D eigenvalue weighted by atomic mass is 10.1. The molecular weight excluding hydrogens is 342 g/mol. The van der Waals surface area contributed by atoms with Crippen LogP contribution in [0.15, 0.2) is 66.4 Å². The number of hydrogen-bond acceptors (Lipinski definition) is 3. The zero-order chi connectivity index (χ0) is 19.2. The first kappa shape index (κ1) is 18.4. The summed E-state index contributed by atoms with van der Waals surface area (Å²) in [4.78, 5) is 36.0. The zero-order valence-corrected chi connectivity index (χ0v) is 14.9. The summed E-state index contributed by atoms with van der Waals surface area (Å²) in [5.74, 6) is -1.17. The van der Waals surface area contributed by atoms with Crippen LogP contribution in [-0.2, 0) is 14.4 Å². The smallest absolute Gasteiger partial charge is 0.286 e. The van der Waals surface area contributed by atoms with Crippen molar-refractivity contribution >= 4 is 23.8 Å². The summed E-state index contributed by atoms with van der Waals surface area (Å²) in [6.07, 6.45) is 2.30. The molecule has 138 valence electrons. The number of benzene rings is 2. The average Bonchev–Trinajstić information content (AvgIpc) is 3.47. The van der Waals surface area contributed by atoms with Gasteiger partial charge in [0.25, 0.3) is 5.91 Å². The number of carbonyl (C=O) groups is 3. The van der Waals surface area contributed by atoms with Crippen LogP contribution in [0.2, 0.25) is 0 Å². The van der Waals surface area contributed by atoms with Gasteiger partial charge in [0.05, 0.1) is 0 Å². The quantitative estimate of drug-likeness (QED) is 0.562. The Balaban J connectivity index is 1.59. The van der Waals surface area contributed by atoms with E-state index in [-0.39, 0.29) is 29.3 Å². The fourth-order valence-electron chi connectivity index (χ4n) is 2.90. The lowest BCUT2D eigenvalue weighted by molar-refractivity contribution is -0.128. The minimum atomic E-state index is -0.584. The van der Waals surface area contributed by atoms with E-state index in [1.165, 1.54) is 6.92 Å². The van der Waals surface area contributed by atoms with Crippen molar-refractivity contribution in [3.63, 3.8) is 0 Å². The molecule has 0 aromatic heterocycles. The maximum atomic E-state index is 12.4. The predicted molar refractivity (Wildman–Crippen MR) is 102 cm³/mol. The second kappa shape index (κ2) is 8.31. The van der Waals surface area contributed by atoms with Gasteiger partial charge in [-0.3, -0.25) is 25.2 Å². The lowest BCUT2D eigenvalue weighted by Gasteiger charge is -2.11. The van der Waals surface area contributed by atoms with E-state index >= 15 is 0 Å². The van der Waals surface area contributed by atoms with Gasteiger partial charge in [-0.1, -0.05) is 60.7 Å². The Morgan fingerprint density at radius 1 is 0.926 bits per heavy atom. The Bertz CT molecular complexity index is 863. The highest BCUT2D eigenvalue weighted by Crippen LogP contribution is 2.47. The molecule has 0 heterocycles. The molecule has 1 aliphatic rings. The van der Waals surface area contributed by atoms with Gasteiger partial charge in [-0.15, -0.1) is 0 Å². The summed E-state index contributed by atoms with van der Waals surface area (Å²) < 4.78 is 0. The van der Waals surface area contributed by atoms with Gasteiger partial charge >= 0.3 is 0 Å². The summed E-state index contributed by atoms with van der Waals surface area (Å²) in [6, 6.07) is 18.9. The van der Waals surface area contributed by atoms with Crippen LogP contribution < -0.4 is 16.2 Å². The number of amides is 3. The largest absolute Gasteiger partial charge is 0.322 e. The van der Waals surface area contributed by atoms with Gasteiger partial charge in [0, 0.05) is 12.8 Å². The fraction of sp³-hybridized carbons (Fsp3) is 0.190. The van der Waals surface area contributed by atoms with E-state index in [2.05, 4.69) is 16.2 Å². The van der Waals surface area contributed by atoms with Gasteiger partial charge < -0.3 is 5.32 Å². The Kier molecular flexibility index (Phi) is 5.66. The molecule has 6 nitrogen and oxygen atoms in total. The molecule has 3 rings (SSSR count). The third kappa shape index (κ3) is 5.04. The number of hydrogen-bond donors (Lipinski definition) is 3. The van der Waals surface area contributed by atoms with Crippen LogP contribution in [0.5, 0.6) is 0 Å². The van der Waals surface area contributed by atoms with E-state index in [0.717, 1.165) is 17.5 Å². The summed E-state index contributed by atoms with van der Waals surface area (Å²) in [7, 11) is 0. The molecule has 0 aliphatic heterocycles. The van der Waals surface area contributed by atoms with E-state index in [0.29, 0.717) is 0 Å². The molecule has 1 fully saturated rings. The van der Waals surface area contributed by atoms with Crippen molar-refractivity contribution in [1.82, 2.24) is 16.2 Å². The molecule has 2 aromatic carbocycles. The summed E-state index contributed by atoms with van der Waals surface area (Å²) in [6.45, 7) is 1.32. The van der Waals surface area contributed by atoms with Crippen LogP contribution in [0.4, 0.5) is 0 Å². The molecule has 0 spiro atoms. The molecule has 0 bridgehead atoms. The molecular formula is C21H21N3O3. The minimum Gasteiger partial charge on any atom is -0.322 e. The number of hydrazine groups is 1. The molecule has 27 heavy (non-hydrogen) atoms. The molecule has 2 unspecified atom stereocenters. The first-order valence-electron chi connectivity index (χ1n) is 8.74. The van der Waals surface area contributed by atoms with E-state index in [4.69, 9.17) is 0 Å². The lowest BCUT2D eigenvalue weighted by Crippen LogP contribution is -2.45. The highest BCUT2D eigenvalue weighted by Gasteiger charge is 2.44. The molecule has 2 aromatic rings. The third-order valence-corrected chi connectivity index (χ3v) is 4.32. The highest BCUT2D eigenvalue weighted by atomic mass is 16.2. The van der Waals surface area contributed by atoms with Crippen LogP contribution in [0, 0.1) is 5.92 Å². The highest BCUT2D eigenvalue weighted by molar-refractivity contribution is 6.01.